The van der Waals surface area contributed by atoms with E-state index < -0.39 is 0 Å². The molecule has 1 amide bonds. The van der Waals surface area contributed by atoms with Gasteiger partial charge in [0.05, 0.1) is 11.9 Å². The molecule has 4 nitrogen and oxygen atoms in total. The van der Waals surface area contributed by atoms with E-state index >= 15 is 0 Å². The van der Waals surface area contributed by atoms with Gasteiger partial charge in [-0.25, -0.2) is 4.98 Å². The lowest BCUT2D eigenvalue weighted by Crippen LogP contribution is -2.27. The summed E-state index contributed by atoms with van der Waals surface area (Å²) in [7, 11) is 1.77. The average Bonchev–Trinajstić information content (AvgIpc) is 3.12. The summed E-state index contributed by atoms with van der Waals surface area (Å²) >= 11 is 0. The van der Waals surface area contributed by atoms with Gasteiger partial charge in [-0.3, -0.25) is 4.79 Å². The Balaban J connectivity index is 1.56. The van der Waals surface area contributed by atoms with Crippen LogP contribution in [-0.2, 0) is 6.42 Å². The molecule has 0 aliphatic carbocycles. The number of aromatic nitrogens is 1. The number of para-hydroxylation sites is 2. The lowest BCUT2D eigenvalue weighted by molar-refractivity contribution is 0.0988. The minimum Gasteiger partial charge on any atom is -0.340 e. The Hall–Kier alpha value is -3.14. The zero-order valence-corrected chi connectivity index (χ0v) is 14.1. The fourth-order valence-corrected chi connectivity index (χ4v) is 3.22. The third-order valence-electron chi connectivity index (χ3n) is 4.61. The minimum atomic E-state index is -0.112. The van der Waals surface area contributed by atoms with E-state index in [1.807, 2.05) is 36.4 Å². The van der Waals surface area contributed by atoms with Gasteiger partial charge in [0.15, 0.2) is 0 Å². The molecule has 0 N–H and O–H groups in total. The summed E-state index contributed by atoms with van der Waals surface area (Å²) < 4.78 is 0. The maximum absolute atomic E-state index is 12.6. The van der Waals surface area contributed by atoms with E-state index in [0.717, 1.165) is 24.3 Å². The van der Waals surface area contributed by atoms with Crippen molar-refractivity contribution in [2.75, 3.05) is 23.4 Å². The van der Waals surface area contributed by atoms with E-state index in [-0.39, 0.29) is 5.91 Å². The fraction of sp³-hybridized carbons (Fsp3) is 0.143. The van der Waals surface area contributed by atoms with Gasteiger partial charge in [0.2, 0.25) is 0 Å². The molecule has 4 rings (SSSR count). The van der Waals surface area contributed by atoms with Crippen LogP contribution in [0.3, 0.4) is 0 Å². The second-order valence-corrected chi connectivity index (χ2v) is 6.13. The first kappa shape index (κ1) is 15.4. The van der Waals surface area contributed by atoms with E-state index in [0.29, 0.717) is 5.69 Å². The zero-order chi connectivity index (χ0) is 17.2. The van der Waals surface area contributed by atoms with Crippen LogP contribution in [0.5, 0.6) is 0 Å². The van der Waals surface area contributed by atoms with Gasteiger partial charge in [0, 0.05) is 25.0 Å². The first-order chi connectivity index (χ1) is 12.2. The number of amides is 1. The molecule has 4 heteroatoms. The molecule has 0 saturated carbocycles. The van der Waals surface area contributed by atoms with Gasteiger partial charge in [0.25, 0.3) is 5.91 Å². The molecular formula is C21H19N3O. The summed E-state index contributed by atoms with van der Waals surface area (Å²) in [6.07, 6.45) is 2.82. The molecule has 3 aromatic rings. The van der Waals surface area contributed by atoms with Crippen LogP contribution in [0.4, 0.5) is 17.1 Å². The van der Waals surface area contributed by atoms with Crippen LogP contribution < -0.4 is 9.80 Å². The number of hydrogen-bond donors (Lipinski definition) is 0. The highest BCUT2D eigenvalue weighted by atomic mass is 16.2. The number of carbonyl (C=O) groups excluding carboxylic acids is 1. The quantitative estimate of drug-likeness (QED) is 0.727. The van der Waals surface area contributed by atoms with Crippen molar-refractivity contribution in [2.24, 2.45) is 0 Å². The van der Waals surface area contributed by atoms with E-state index in [9.17, 15) is 4.79 Å². The van der Waals surface area contributed by atoms with Crippen molar-refractivity contribution >= 4 is 23.0 Å². The van der Waals surface area contributed by atoms with E-state index in [2.05, 4.69) is 34.1 Å². The standard InChI is InChI=1S/C21H19N3O/c1-23(17-8-3-2-4-9-17)21(25)19-12-11-18(15-22-19)24-14-13-16-7-5-6-10-20(16)24/h2-12,15H,13-14H2,1H3. The highest BCUT2D eigenvalue weighted by molar-refractivity contribution is 6.04. The molecule has 2 heterocycles. The molecule has 124 valence electrons. The second-order valence-electron chi connectivity index (χ2n) is 6.13. The van der Waals surface area contributed by atoms with Crippen LogP contribution in [0.25, 0.3) is 0 Å². The maximum atomic E-state index is 12.6. The Morgan fingerprint density at radius 2 is 1.76 bits per heavy atom. The van der Waals surface area contributed by atoms with Crippen molar-refractivity contribution < 1.29 is 4.79 Å². The molecule has 0 unspecified atom stereocenters. The van der Waals surface area contributed by atoms with Crippen molar-refractivity contribution in [3.8, 4) is 0 Å². The number of nitrogens with zero attached hydrogens (tertiary/aromatic N) is 3. The second kappa shape index (κ2) is 6.40. The first-order valence-corrected chi connectivity index (χ1v) is 8.38. The molecule has 0 saturated heterocycles. The van der Waals surface area contributed by atoms with Crippen molar-refractivity contribution in [3.05, 3.63) is 84.2 Å². The number of rotatable bonds is 3. The third-order valence-corrected chi connectivity index (χ3v) is 4.61. The Morgan fingerprint density at radius 1 is 1.00 bits per heavy atom. The van der Waals surface area contributed by atoms with Crippen molar-refractivity contribution in [1.29, 1.82) is 0 Å². The summed E-state index contributed by atoms with van der Waals surface area (Å²) in [5.41, 5.74) is 4.90. The van der Waals surface area contributed by atoms with Gasteiger partial charge >= 0.3 is 0 Å². The number of anilines is 3. The lowest BCUT2D eigenvalue weighted by Gasteiger charge is -2.20. The monoisotopic (exact) mass is 329 g/mol. The van der Waals surface area contributed by atoms with Gasteiger partial charge in [-0.1, -0.05) is 36.4 Å². The summed E-state index contributed by atoms with van der Waals surface area (Å²) in [6, 6.07) is 21.8. The van der Waals surface area contributed by atoms with Crippen molar-refractivity contribution in [2.45, 2.75) is 6.42 Å². The molecule has 2 aromatic carbocycles. The van der Waals surface area contributed by atoms with Crippen LogP contribution in [0.1, 0.15) is 16.1 Å². The zero-order valence-electron chi connectivity index (χ0n) is 14.1. The topological polar surface area (TPSA) is 36.4 Å². The third kappa shape index (κ3) is 2.87. The molecule has 0 radical (unpaired) electrons. The maximum Gasteiger partial charge on any atom is 0.276 e. The normalized spacial score (nSPS) is 12.8. The predicted molar refractivity (Wildman–Crippen MR) is 101 cm³/mol. The Morgan fingerprint density at radius 3 is 2.52 bits per heavy atom. The van der Waals surface area contributed by atoms with Gasteiger partial charge in [-0.15, -0.1) is 0 Å². The molecule has 0 bridgehead atoms. The van der Waals surface area contributed by atoms with Gasteiger partial charge in [0.1, 0.15) is 5.69 Å². The summed E-state index contributed by atoms with van der Waals surface area (Å²) in [5, 5.41) is 0. The fourth-order valence-electron chi connectivity index (χ4n) is 3.22. The largest absolute Gasteiger partial charge is 0.340 e. The molecule has 0 atom stereocenters. The minimum absolute atomic E-state index is 0.112. The van der Waals surface area contributed by atoms with Gasteiger partial charge < -0.3 is 9.80 Å². The summed E-state index contributed by atoms with van der Waals surface area (Å²) in [5.74, 6) is -0.112. The number of hydrogen-bond acceptors (Lipinski definition) is 3. The Labute approximate surface area is 147 Å². The van der Waals surface area contributed by atoms with E-state index in [1.54, 1.807) is 24.2 Å². The van der Waals surface area contributed by atoms with Crippen LogP contribution in [0.15, 0.2) is 72.9 Å². The average molecular weight is 329 g/mol. The lowest BCUT2D eigenvalue weighted by atomic mass is 10.2. The Bertz CT molecular complexity index is 891. The van der Waals surface area contributed by atoms with E-state index in [1.165, 1.54) is 11.3 Å². The molecule has 1 aliphatic rings. The number of pyridine rings is 1. The molecule has 25 heavy (non-hydrogen) atoms. The first-order valence-electron chi connectivity index (χ1n) is 8.38. The number of benzene rings is 2. The molecular weight excluding hydrogens is 310 g/mol. The predicted octanol–water partition coefficient (Wildman–Crippen LogP) is 4.05. The van der Waals surface area contributed by atoms with Gasteiger partial charge in [-0.2, -0.15) is 0 Å². The van der Waals surface area contributed by atoms with Crippen LogP contribution in [0.2, 0.25) is 0 Å². The molecule has 1 aliphatic heterocycles. The highest BCUT2D eigenvalue weighted by Crippen LogP contribution is 2.33. The van der Waals surface area contributed by atoms with Crippen LogP contribution in [-0.4, -0.2) is 24.5 Å². The van der Waals surface area contributed by atoms with Crippen molar-refractivity contribution in [3.63, 3.8) is 0 Å². The summed E-state index contributed by atoms with van der Waals surface area (Å²) in [6.45, 7) is 0.943. The SMILES string of the molecule is CN(C(=O)c1ccc(N2CCc3ccccc32)cn1)c1ccccc1. The van der Waals surface area contributed by atoms with Gasteiger partial charge in [-0.05, 0) is 42.3 Å². The van der Waals surface area contributed by atoms with Crippen LogP contribution >= 0.6 is 0 Å². The summed E-state index contributed by atoms with van der Waals surface area (Å²) in [4.78, 5) is 20.9. The van der Waals surface area contributed by atoms with E-state index in [4.69, 9.17) is 0 Å². The molecule has 1 aromatic heterocycles. The number of carbonyl (C=O) groups is 1. The highest BCUT2D eigenvalue weighted by Gasteiger charge is 2.21. The number of fused-ring (bicyclic) bond motifs is 1. The molecule has 0 fully saturated rings. The van der Waals surface area contributed by atoms with Crippen molar-refractivity contribution in [1.82, 2.24) is 4.98 Å². The molecule has 0 spiro atoms. The Kier molecular flexibility index (Phi) is 3.94. The van der Waals surface area contributed by atoms with Crippen LogP contribution in [0, 0.1) is 0 Å². The smallest absolute Gasteiger partial charge is 0.276 e.